The number of rotatable bonds is 4. The topological polar surface area (TPSA) is 0 Å². The Balaban J connectivity index is 1.97. The fourth-order valence-corrected chi connectivity index (χ4v) is 1.01. The fraction of sp³-hybridized carbons (Fsp3) is 0.875. The van der Waals surface area contributed by atoms with Gasteiger partial charge in [0.15, 0.2) is 0 Å². The first-order chi connectivity index (χ1) is 4.67. The van der Waals surface area contributed by atoms with Crippen LogP contribution in [0.4, 0.5) is 8.78 Å². The third kappa shape index (κ3) is 1.93. The molecule has 59 valence electrons. The Morgan fingerprint density at radius 2 is 2.20 bits per heavy atom. The molecule has 1 rings (SSSR count). The van der Waals surface area contributed by atoms with Crippen molar-refractivity contribution in [2.45, 2.75) is 38.5 Å². The largest absolute Gasteiger partial charge is 0.251 e. The highest BCUT2D eigenvalue weighted by Crippen LogP contribution is 2.50. The van der Waals surface area contributed by atoms with Crippen LogP contribution in [0.5, 0.6) is 0 Å². The highest BCUT2D eigenvalue weighted by molar-refractivity contribution is 5.02. The molecule has 0 amide bonds. The quantitative estimate of drug-likeness (QED) is 0.536. The molecule has 0 aromatic rings. The zero-order valence-corrected chi connectivity index (χ0v) is 6.24. The lowest BCUT2D eigenvalue weighted by atomic mass is 10.1. The van der Waals surface area contributed by atoms with Gasteiger partial charge in [0.1, 0.15) is 0 Å². The van der Waals surface area contributed by atoms with E-state index in [1.165, 1.54) is 0 Å². The van der Waals surface area contributed by atoms with Crippen molar-refractivity contribution in [2.24, 2.45) is 5.92 Å². The smallest absolute Gasteiger partial charge is 0.207 e. The molecule has 0 spiro atoms. The van der Waals surface area contributed by atoms with Gasteiger partial charge in [0.25, 0.3) is 5.92 Å². The monoisotopic (exact) mass is 147 g/mol. The van der Waals surface area contributed by atoms with Gasteiger partial charge in [-0.25, -0.2) is 8.78 Å². The Labute approximate surface area is 60.6 Å². The number of unbranched alkanes of at least 4 members (excludes halogenated alkanes) is 2. The standard InChI is InChI=1S/C8H13F2/c1-2-3-4-5-7-6-8(7,9)10/h5,7H,2-4,6H2,1H3. The van der Waals surface area contributed by atoms with Crippen LogP contribution in [-0.4, -0.2) is 5.92 Å². The van der Waals surface area contributed by atoms with Crippen molar-refractivity contribution < 1.29 is 8.78 Å². The van der Waals surface area contributed by atoms with E-state index in [0.29, 0.717) is 0 Å². The van der Waals surface area contributed by atoms with E-state index < -0.39 is 5.92 Å². The molecule has 2 heteroatoms. The maximum atomic E-state index is 12.2. The van der Waals surface area contributed by atoms with Crippen LogP contribution in [0.15, 0.2) is 0 Å². The number of alkyl halides is 2. The molecular formula is C8H13F2. The molecule has 1 unspecified atom stereocenters. The van der Waals surface area contributed by atoms with Crippen LogP contribution in [0, 0.1) is 12.3 Å². The van der Waals surface area contributed by atoms with Crippen LogP contribution in [-0.2, 0) is 0 Å². The molecular weight excluding hydrogens is 134 g/mol. The van der Waals surface area contributed by atoms with Gasteiger partial charge in [0.05, 0.1) is 0 Å². The Morgan fingerprint density at radius 1 is 1.60 bits per heavy atom. The fourth-order valence-electron chi connectivity index (χ4n) is 1.01. The predicted molar refractivity (Wildman–Crippen MR) is 36.9 cm³/mol. The summed E-state index contributed by atoms with van der Waals surface area (Å²) in [5.74, 6) is -2.73. The summed E-state index contributed by atoms with van der Waals surface area (Å²) in [6.45, 7) is 2.07. The zero-order valence-electron chi connectivity index (χ0n) is 6.24. The van der Waals surface area contributed by atoms with Gasteiger partial charge in [-0.3, -0.25) is 0 Å². The predicted octanol–water partition coefficient (Wildman–Crippen LogP) is 3.04. The second-order valence-corrected chi connectivity index (χ2v) is 2.95. The van der Waals surface area contributed by atoms with Gasteiger partial charge in [0, 0.05) is 12.3 Å². The van der Waals surface area contributed by atoms with E-state index in [0.717, 1.165) is 19.3 Å². The summed E-state index contributed by atoms with van der Waals surface area (Å²) in [4.78, 5) is 0. The molecule has 0 saturated heterocycles. The van der Waals surface area contributed by atoms with Gasteiger partial charge in [-0.2, -0.15) is 0 Å². The van der Waals surface area contributed by atoms with Crippen molar-refractivity contribution in [2.75, 3.05) is 0 Å². The van der Waals surface area contributed by atoms with Crippen LogP contribution >= 0.6 is 0 Å². The Kier molecular flexibility index (Phi) is 2.27. The van der Waals surface area contributed by atoms with Crippen molar-refractivity contribution in [3.05, 3.63) is 6.42 Å². The minimum absolute atomic E-state index is 0.0940. The highest BCUT2D eigenvalue weighted by atomic mass is 19.3. The molecule has 1 radical (unpaired) electrons. The summed E-state index contributed by atoms with van der Waals surface area (Å²) < 4.78 is 24.4. The highest BCUT2D eigenvalue weighted by Gasteiger charge is 2.55. The van der Waals surface area contributed by atoms with E-state index in [9.17, 15) is 8.78 Å². The van der Waals surface area contributed by atoms with E-state index in [2.05, 4.69) is 6.92 Å². The first-order valence-corrected chi connectivity index (χ1v) is 3.88. The van der Waals surface area contributed by atoms with Crippen molar-refractivity contribution in [3.8, 4) is 0 Å². The Bertz CT molecular complexity index is 110. The summed E-state index contributed by atoms with van der Waals surface area (Å²) in [5, 5.41) is 0. The molecule has 10 heavy (non-hydrogen) atoms. The number of halogens is 2. The van der Waals surface area contributed by atoms with Crippen molar-refractivity contribution in [1.29, 1.82) is 0 Å². The number of hydrogen-bond acceptors (Lipinski definition) is 0. The lowest BCUT2D eigenvalue weighted by molar-refractivity contribution is 0.104. The van der Waals surface area contributed by atoms with Crippen LogP contribution in [0.3, 0.4) is 0 Å². The van der Waals surface area contributed by atoms with E-state index >= 15 is 0 Å². The first kappa shape index (κ1) is 7.96. The third-order valence-electron chi connectivity index (χ3n) is 1.88. The first-order valence-electron chi connectivity index (χ1n) is 3.88. The summed E-state index contributed by atoms with van der Waals surface area (Å²) in [5.41, 5.74) is 0. The third-order valence-corrected chi connectivity index (χ3v) is 1.88. The maximum Gasteiger partial charge on any atom is 0.251 e. The number of hydrogen-bond donors (Lipinski definition) is 0. The van der Waals surface area contributed by atoms with Crippen molar-refractivity contribution in [3.63, 3.8) is 0 Å². The normalized spacial score (nSPS) is 28.5. The zero-order chi connectivity index (χ0) is 7.61. The average Bonchev–Trinajstić information content (AvgIpc) is 2.41. The molecule has 1 saturated carbocycles. The molecule has 0 nitrogen and oxygen atoms in total. The van der Waals surface area contributed by atoms with Crippen LogP contribution < -0.4 is 0 Å². The molecule has 1 atom stereocenters. The summed E-state index contributed by atoms with van der Waals surface area (Å²) in [6.07, 6.45) is 4.86. The summed E-state index contributed by atoms with van der Waals surface area (Å²) in [7, 11) is 0. The maximum absolute atomic E-state index is 12.2. The molecule has 0 aromatic carbocycles. The minimum Gasteiger partial charge on any atom is -0.207 e. The van der Waals surface area contributed by atoms with Gasteiger partial charge in [0.2, 0.25) is 0 Å². The van der Waals surface area contributed by atoms with Gasteiger partial charge in [-0.05, 0) is 12.8 Å². The van der Waals surface area contributed by atoms with Gasteiger partial charge in [-0.15, -0.1) is 0 Å². The van der Waals surface area contributed by atoms with Crippen LogP contribution in [0.2, 0.25) is 0 Å². The second kappa shape index (κ2) is 2.85. The Morgan fingerprint density at radius 3 is 2.60 bits per heavy atom. The molecule has 1 aliphatic carbocycles. The van der Waals surface area contributed by atoms with Crippen molar-refractivity contribution in [1.82, 2.24) is 0 Å². The molecule has 0 bridgehead atoms. The van der Waals surface area contributed by atoms with E-state index in [-0.39, 0.29) is 12.3 Å². The molecule has 0 aliphatic heterocycles. The molecule has 0 heterocycles. The van der Waals surface area contributed by atoms with Crippen molar-refractivity contribution >= 4 is 0 Å². The van der Waals surface area contributed by atoms with Crippen LogP contribution in [0.1, 0.15) is 32.6 Å². The second-order valence-electron chi connectivity index (χ2n) is 2.95. The van der Waals surface area contributed by atoms with Gasteiger partial charge >= 0.3 is 0 Å². The minimum atomic E-state index is -2.34. The SMILES string of the molecule is CCCC[CH]C1CC1(F)F. The molecule has 1 aliphatic rings. The molecule has 0 aromatic heterocycles. The van der Waals surface area contributed by atoms with E-state index in [1.54, 1.807) is 6.42 Å². The van der Waals surface area contributed by atoms with Crippen LogP contribution in [0.25, 0.3) is 0 Å². The van der Waals surface area contributed by atoms with E-state index in [1.807, 2.05) is 0 Å². The molecule has 0 N–H and O–H groups in total. The van der Waals surface area contributed by atoms with E-state index in [4.69, 9.17) is 0 Å². The Hall–Kier alpha value is -0.140. The van der Waals surface area contributed by atoms with Gasteiger partial charge in [-0.1, -0.05) is 19.8 Å². The lowest BCUT2D eigenvalue weighted by Gasteiger charge is -1.95. The molecule has 1 fully saturated rings. The lowest BCUT2D eigenvalue weighted by Crippen LogP contribution is -1.93. The summed E-state index contributed by atoms with van der Waals surface area (Å²) >= 11 is 0. The van der Waals surface area contributed by atoms with Gasteiger partial charge < -0.3 is 0 Å². The summed E-state index contributed by atoms with van der Waals surface area (Å²) in [6, 6.07) is 0. The average molecular weight is 147 g/mol.